The first kappa shape index (κ1) is 21.5. The Kier molecular flexibility index (Phi) is 8.12. The highest BCUT2D eigenvalue weighted by Crippen LogP contribution is 2.31. The van der Waals surface area contributed by atoms with Gasteiger partial charge in [0.05, 0.1) is 0 Å². The lowest BCUT2D eigenvalue weighted by molar-refractivity contribution is 0.590. The van der Waals surface area contributed by atoms with Crippen molar-refractivity contribution in [1.82, 2.24) is 0 Å². The molecule has 0 fully saturated rings. The maximum absolute atomic E-state index is 3.81. The van der Waals surface area contributed by atoms with Crippen LogP contribution in [0.3, 0.4) is 0 Å². The molecule has 0 unspecified atom stereocenters. The molecule has 0 heterocycles. The van der Waals surface area contributed by atoms with E-state index in [0.29, 0.717) is 0 Å². The van der Waals surface area contributed by atoms with Gasteiger partial charge in [0, 0.05) is 17.1 Å². The van der Waals surface area contributed by atoms with Crippen LogP contribution in [0.25, 0.3) is 0 Å². The summed E-state index contributed by atoms with van der Waals surface area (Å²) in [6.07, 6.45) is 13.8. The lowest BCUT2D eigenvalue weighted by Crippen LogP contribution is -2.21. The Morgan fingerprint density at radius 3 is 1.88 bits per heavy atom. The first-order valence-electron chi connectivity index (χ1n) is 9.09. The summed E-state index contributed by atoms with van der Waals surface area (Å²) in [6.45, 7) is 20.6. The Bertz CT molecular complexity index is 727. The van der Waals surface area contributed by atoms with Gasteiger partial charge >= 0.3 is 0 Å². The molecule has 0 bridgehead atoms. The Morgan fingerprint density at radius 1 is 0.923 bits per heavy atom. The average Bonchev–Trinajstić information content (AvgIpc) is 2.59. The molecule has 0 aliphatic heterocycles. The van der Waals surface area contributed by atoms with E-state index in [2.05, 4.69) is 102 Å². The molecular formula is C25H33N. The molecule has 0 aromatic heterocycles. The van der Waals surface area contributed by atoms with Gasteiger partial charge in [-0.2, -0.15) is 0 Å². The minimum Gasteiger partial charge on any atom is -0.311 e. The molecular weight excluding hydrogens is 314 g/mol. The number of rotatable bonds is 7. The number of benzene rings is 1. The molecule has 0 N–H and O–H groups in total. The van der Waals surface area contributed by atoms with E-state index in [-0.39, 0.29) is 5.41 Å². The summed E-state index contributed by atoms with van der Waals surface area (Å²) in [6, 6.07) is 8.81. The molecule has 26 heavy (non-hydrogen) atoms. The first-order valence-corrected chi connectivity index (χ1v) is 9.09. The number of hydrogen-bond donors (Lipinski definition) is 0. The summed E-state index contributed by atoms with van der Waals surface area (Å²) in [5.74, 6) is 0. The lowest BCUT2D eigenvalue weighted by atomic mass is 9.87. The molecule has 0 amide bonds. The van der Waals surface area contributed by atoms with E-state index in [0.717, 1.165) is 17.1 Å². The molecule has 1 aromatic carbocycles. The zero-order valence-electron chi connectivity index (χ0n) is 17.2. The molecule has 0 aliphatic carbocycles. The van der Waals surface area contributed by atoms with Gasteiger partial charge < -0.3 is 4.90 Å². The van der Waals surface area contributed by atoms with E-state index in [1.165, 1.54) is 11.1 Å². The Balaban J connectivity index is 3.56. The molecule has 1 aromatic rings. The zero-order chi connectivity index (χ0) is 19.7. The first-order chi connectivity index (χ1) is 12.3. The maximum atomic E-state index is 3.81. The minimum atomic E-state index is 0.137. The van der Waals surface area contributed by atoms with Crippen LogP contribution in [-0.2, 0) is 5.41 Å². The van der Waals surface area contributed by atoms with Crippen LogP contribution >= 0.6 is 0 Å². The van der Waals surface area contributed by atoms with Crippen molar-refractivity contribution < 1.29 is 0 Å². The van der Waals surface area contributed by atoms with E-state index in [4.69, 9.17) is 0 Å². The monoisotopic (exact) mass is 347 g/mol. The Morgan fingerprint density at radius 2 is 1.46 bits per heavy atom. The van der Waals surface area contributed by atoms with Crippen molar-refractivity contribution in [2.75, 3.05) is 4.90 Å². The average molecular weight is 348 g/mol. The third-order valence-electron chi connectivity index (χ3n) is 4.09. The standard InChI is InChI=1S/C25H33N/c1-9-12-14-22(11-3)26(24(20(4)5)15-13-10-2)23-18-16-21(17-19-23)25(6,7)8/h9-19H,1-2H2,3-8H3/b14-12-,15-13-,22-11+. The van der Waals surface area contributed by atoms with Crippen LogP contribution < -0.4 is 4.90 Å². The fourth-order valence-electron chi connectivity index (χ4n) is 2.63. The van der Waals surface area contributed by atoms with Gasteiger partial charge in [-0.05, 0) is 56.0 Å². The quantitative estimate of drug-likeness (QED) is 0.462. The van der Waals surface area contributed by atoms with Crippen LogP contribution in [0.4, 0.5) is 5.69 Å². The predicted octanol–water partition coefficient (Wildman–Crippen LogP) is 7.47. The van der Waals surface area contributed by atoms with Gasteiger partial charge in [-0.25, -0.2) is 0 Å². The molecule has 0 saturated carbocycles. The summed E-state index contributed by atoms with van der Waals surface area (Å²) in [5, 5.41) is 0. The molecule has 0 radical (unpaired) electrons. The number of allylic oxidation sites excluding steroid dienone is 8. The second-order valence-corrected chi connectivity index (χ2v) is 7.42. The summed E-state index contributed by atoms with van der Waals surface area (Å²) >= 11 is 0. The Hall–Kier alpha value is -2.54. The van der Waals surface area contributed by atoms with Crippen LogP contribution in [0.5, 0.6) is 0 Å². The fraction of sp³-hybridized carbons (Fsp3) is 0.280. The van der Waals surface area contributed by atoms with E-state index in [9.17, 15) is 0 Å². The molecule has 1 nitrogen and oxygen atoms in total. The molecule has 138 valence electrons. The molecule has 1 rings (SSSR count). The van der Waals surface area contributed by atoms with Gasteiger partial charge in [0.2, 0.25) is 0 Å². The van der Waals surface area contributed by atoms with Gasteiger partial charge in [0.1, 0.15) is 0 Å². The van der Waals surface area contributed by atoms with Crippen molar-refractivity contribution in [3.63, 3.8) is 0 Å². The minimum absolute atomic E-state index is 0.137. The molecule has 0 aliphatic rings. The number of nitrogens with zero attached hydrogens (tertiary/aromatic N) is 1. The molecule has 0 saturated heterocycles. The lowest BCUT2D eigenvalue weighted by Gasteiger charge is -2.29. The van der Waals surface area contributed by atoms with Crippen molar-refractivity contribution in [3.05, 3.63) is 102 Å². The van der Waals surface area contributed by atoms with E-state index in [1.54, 1.807) is 12.2 Å². The van der Waals surface area contributed by atoms with Gasteiger partial charge in [-0.15, -0.1) is 0 Å². The van der Waals surface area contributed by atoms with Crippen LogP contribution in [0.1, 0.15) is 47.1 Å². The second kappa shape index (κ2) is 9.82. The second-order valence-electron chi connectivity index (χ2n) is 7.42. The summed E-state index contributed by atoms with van der Waals surface area (Å²) < 4.78 is 0. The third-order valence-corrected chi connectivity index (χ3v) is 4.09. The zero-order valence-corrected chi connectivity index (χ0v) is 17.2. The van der Waals surface area contributed by atoms with Crippen LogP contribution in [-0.4, -0.2) is 0 Å². The van der Waals surface area contributed by atoms with Crippen molar-refractivity contribution in [2.45, 2.75) is 47.0 Å². The largest absolute Gasteiger partial charge is 0.311 e. The van der Waals surface area contributed by atoms with Crippen molar-refractivity contribution in [2.24, 2.45) is 0 Å². The van der Waals surface area contributed by atoms with Gasteiger partial charge in [0.15, 0.2) is 0 Å². The molecule has 1 heteroatoms. The summed E-state index contributed by atoms with van der Waals surface area (Å²) in [7, 11) is 0. The summed E-state index contributed by atoms with van der Waals surface area (Å²) in [5.41, 5.74) is 6.05. The molecule has 0 spiro atoms. The third kappa shape index (κ3) is 5.77. The normalized spacial score (nSPS) is 12.5. The highest BCUT2D eigenvalue weighted by atomic mass is 15.2. The fourth-order valence-corrected chi connectivity index (χ4v) is 2.63. The maximum Gasteiger partial charge on any atom is 0.0461 e. The van der Waals surface area contributed by atoms with Crippen LogP contribution in [0.15, 0.2) is 96.9 Å². The van der Waals surface area contributed by atoms with Crippen molar-refractivity contribution in [3.8, 4) is 0 Å². The topological polar surface area (TPSA) is 3.24 Å². The van der Waals surface area contributed by atoms with Crippen LogP contribution in [0, 0.1) is 0 Å². The number of anilines is 1. The summed E-state index contributed by atoms with van der Waals surface area (Å²) in [4.78, 5) is 2.27. The SMILES string of the molecule is C=C/C=C\C(=C(C)C)N(C(/C=C\C=C)=C/C)c1ccc(C(C)(C)C)cc1. The Labute approximate surface area is 160 Å². The van der Waals surface area contributed by atoms with Gasteiger partial charge in [-0.1, -0.05) is 82.0 Å². The smallest absolute Gasteiger partial charge is 0.0461 e. The number of hydrogen-bond acceptors (Lipinski definition) is 1. The highest BCUT2D eigenvalue weighted by Gasteiger charge is 2.17. The predicted molar refractivity (Wildman–Crippen MR) is 118 cm³/mol. The van der Waals surface area contributed by atoms with Crippen molar-refractivity contribution in [1.29, 1.82) is 0 Å². The van der Waals surface area contributed by atoms with Gasteiger partial charge in [0.25, 0.3) is 0 Å². The van der Waals surface area contributed by atoms with E-state index >= 15 is 0 Å². The van der Waals surface area contributed by atoms with Crippen LogP contribution in [0.2, 0.25) is 0 Å². The molecule has 0 atom stereocenters. The van der Waals surface area contributed by atoms with Crippen molar-refractivity contribution >= 4 is 5.69 Å². The van der Waals surface area contributed by atoms with E-state index < -0.39 is 0 Å². The van der Waals surface area contributed by atoms with E-state index in [1.807, 2.05) is 12.2 Å². The highest BCUT2D eigenvalue weighted by molar-refractivity contribution is 5.64. The van der Waals surface area contributed by atoms with Gasteiger partial charge in [-0.3, -0.25) is 0 Å².